The Morgan fingerprint density at radius 3 is 1.89 bits per heavy atom. The third-order valence-electron chi connectivity index (χ3n) is 1.80. The number of nitrogens with zero attached hydrogens (tertiary/aromatic N) is 1. The van der Waals surface area contributed by atoms with E-state index in [0.717, 1.165) is 0 Å². The molecule has 0 amide bonds. The van der Waals surface area contributed by atoms with Crippen LogP contribution in [-0.4, -0.2) is 25.5 Å². The molecule has 0 saturated heterocycles. The van der Waals surface area contributed by atoms with Crippen LogP contribution in [0.4, 0.5) is 0 Å². The SMILES string of the molecule is C.CN(C)CC1(C)CC1. The molecule has 1 nitrogen and oxygen atoms in total. The molecule has 0 spiro atoms. The van der Waals surface area contributed by atoms with Crippen LogP contribution in [0.2, 0.25) is 0 Å². The fourth-order valence-corrected chi connectivity index (χ4v) is 1.13. The van der Waals surface area contributed by atoms with Crippen molar-refractivity contribution < 1.29 is 0 Å². The number of hydrogen-bond acceptors (Lipinski definition) is 1. The van der Waals surface area contributed by atoms with E-state index in [1.165, 1.54) is 19.4 Å². The van der Waals surface area contributed by atoms with Crippen molar-refractivity contribution in [3.05, 3.63) is 0 Å². The second-order valence-corrected chi connectivity index (χ2v) is 3.55. The summed E-state index contributed by atoms with van der Waals surface area (Å²) in [6.07, 6.45) is 2.87. The van der Waals surface area contributed by atoms with Crippen molar-refractivity contribution in [2.24, 2.45) is 5.41 Å². The van der Waals surface area contributed by atoms with E-state index in [0.29, 0.717) is 5.41 Å². The van der Waals surface area contributed by atoms with Gasteiger partial charge in [-0.3, -0.25) is 0 Å². The van der Waals surface area contributed by atoms with Crippen molar-refractivity contribution in [1.82, 2.24) is 4.90 Å². The zero-order valence-corrected chi connectivity index (χ0v) is 6.07. The summed E-state index contributed by atoms with van der Waals surface area (Å²) < 4.78 is 0. The lowest BCUT2D eigenvalue weighted by Crippen LogP contribution is -2.20. The van der Waals surface area contributed by atoms with E-state index < -0.39 is 0 Å². The molecule has 0 aliphatic heterocycles. The monoisotopic (exact) mass is 129 g/mol. The Kier molecular flexibility index (Phi) is 2.68. The number of hydrogen-bond donors (Lipinski definition) is 0. The van der Waals surface area contributed by atoms with Gasteiger partial charge < -0.3 is 4.90 Å². The summed E-state index contributed by atoms with van der Waals surface area (Å²) >= 11 is 0. The molecule has 0 unspecified atom stereocenters. The zero-order valence-electron chi connectivity index (χ0n) is 6.07. The largest absolute Gasteiger partial charge is 0.309 e. The minimum absolute atomic E-state index is 0. The standard InChI is InChI=1S/C7H15N.CH4/c1-7(4-5-7)6-8(2)3;/h4-6H2,1-3H3;1H4. The molecule has 0 bridgehead atoms. The van der Waals surface area contributed by atoms with Crippen LogP contribution in [0.25, 0.3) is 0 Å². The molecule has 1 saturated carbocycles. The molecule has 1 aliphatic carbocycles. The molecule has 1 aliphatic rings. The molecule has 1 rings (SSSR count). The Balaban J connectivity index is 0.000000640. The molecule has 0 N–H and O–H groups in total. The lowest BCUT2D eigenvalue weighted by Gasteiger charge is -2.14. The van der Waals surface area contributed by atoms with Crippen LogP contribution < -0.4 is 0 Å². The van der Waals surface area contributed by atoms with E-state index in [1.54, 1.807) is 0 Å². The van der Waals surface area contributed by atoms with Gasteiger partial charge >= 0.3 is 0 Å². The van der Waals surface area contributed by atoms with Crippen LogP contribution in [0.15, 0.2) is 0 Å². The molecule has 0 heterocycles. The maximum atomic E-state index is 2.35. The Morgan fingerprint density at radius 2 is 1.78 bits per heavy atom. The Bertz CT molecular complexity index is 82.6. The van der Waals surface area contributed by atoms with Gasteiger partial charge in [-0.25, -0.2) is 0 Å². The van der Waals surface area contributed by atoms with Crippen LogP contribution in [0.1, 0.15) is 27.2 Å². The summed E-state index contributed by atoms with van der Waals surface area (Å²) in [4.78, 5) is 2.27. The van der Waals surface area contributed by atoms with E-state index in [1.807, 2.05) is 0 Å². The minimum atomic E-state index is 0. The van der Waals surface area contributed by atoms with E-state index >= 15 is 0 Å². The fraction of sp³-hybridized carbons (Fsp3) is 1.00. The van der Waals surface area contributed by atoms with Crippen LogP contribution >= 0.6 is 0 Å². The fourth-order valence-electron chi connectivity index (χ4n) is 1.13. The average Bonchev–Trinajstić information content (AvgIpc) is 2.17. The molecule has 1 fully saturated rings. The van der Waals surface area contributed by atoms with Gasteiger partial charge in [0.05, 0.1) is 0 Å². The van der Waals surface area contributed by atoms with Gasteiger partial charge in [0.1, 0.15) is 0 Å². The highest BCUT2D eigenvalue weighted by atomic mass is 15.1. The van der Waals surface area contributed by atoms with E-state index in [9.17, 15) is 0 Å². The predicted molar refractivity (Wildman–Crippen MR) is 42.6 cm³/mol. The van der Waals surface area contributed by atoms with Crippen LogP contribution in [0.5, 0.6) is 0 Å². The van der Waals surface area contributed by atoms with Crippen LogP contribution in [-0.2, 0) is 0 Å². The van der Waals surface area contributed by atoms with Gasteiger partial charge in [-0.15, -0.1) is 0 Å². The minimum Gasteiger partial charge on any atom is -0.309 e. The summed E-state index contributed by atoms with van der Waals surface area (Å²) in [5.41, 5.74) is 0.698. The molecule has 56 valence electrons. The summed E-state index contributed by atoms with van der Waals surface area (Å²) in [5, 5.41) is 0. The summed E-state index contributed by atoms with van der Waals surface area (Å²) in [6, 6.07) is 0. The third-order valence-corrected chi connectivity index (χ3v) is 1.80. The molecule has 9 heavy (non-hydrogen) atoms. The molecule has 0 aromatic carbocycles. The highest BCUT2D eigenvalue weighted by Crippen LogP contribution is 2.44. The smallest absolute Gasteiger partial charge is 0.00292 e. The predicted octanol–water partition coefficient (Wildman–Crippen LogP) is 1.98. The third kappa shape index (κ3) is 2.85. The van der Waals surface area contributed by atoms with Gasteiger partial charge in [-0.05, 0) is 32.4 Å². The van der Waals surface area contributed by atoms with Crippen LogP contribution in [0.3, 0.4) is 0 Å². The van der Waals surface area contributed by atoms with E-state index in [4.69, 9.17) is 0 Å². The molecular weight excluding hydrogens is 110 g/mol. The molecule has 1 heteroatoms. The normalized spacial score (nSPS) is 21.3. The first-order valence-corrected chi connectivity index (χ1v) is 3.27. The molecule has 0 atom stereocenters. The van der Waals surface area contributed by atoms with Gasteiger partial charge in [-0.2, -0.15) is 0 Å². The topological polar surface area (TPSA) is 3.24 Å². The maximum Gasteiger partial charge on any atom is 0.00292 e. The Labute approximate surface area is 59.1 Å². The molecule has 0 aromatic heterocycles. The Hall–Kier alpha value is -0.0400. The maximum absolute atomic E-state index is 2.35. The van der Waals surface area contributed by atoms with Crippen molar-refractivity contribution >= 4 is 0 Å². The lowest BCUT2D eigenvalue weighted by atomic mass is 10.1. The zero-order chi connectivity index (χ0) is 6.20. The quantitative estimate of drug-likeness (QED) is 0.551. The van der Waals surface area contributed by atoms with Gasteiger partial charge in [0, 0.05) is 6.54 Å². The van der Waals surface area contributed by atoms with Gasteiger partial charge in [-0.1, -0.05) is 14.4 Å². The average molecular weight is 129 g/mol. The second-order valence-electron chi connectivity index (χ2n) is 3.55. The van der Waals surface area contributed by atoms with Gasteiger partial charge in [0.2, 0.25) is 0 Å². The van der Waals surface area contributed by atoms with Crippen molar-refractivity contribution in [3.63, 3.8) is 0 Å². The first-order valence-electron chi connectivity index (χ1n) is 3.27. The lowest BCUT2D eigenvalue weighted by molar-refractivity contribution is 0.326. The summed E-state index contributed by atoms with van der Waals surface area (Å²) in [5.74, 6) is 0. The van der Waals surface area contributed by atoms with E-state index in [-0.39, 0.29) is 7.43 Å². The van der Waals surface area contributed by atoms with Crippen LogP contribution in [0, 0.1) is 5.41 Å². The van der Waals surface area contributed by atoms with E-state index in [2.05, 4.69) is 25.9 Å². The van der Waals surface area contributed by atoms with Crippen molar-refractivity contribution in [2.45, 2.75) is 27.2 Å². The van der Waals surface area contributed by atoms with Crippen molar-refractivity contribution in [2.75, 3.05) is 20.6 Å². The first-order chi connectivity index (χ1) is 3.62. The molecule has 0 aromatic rings. The van der Waals surface area contributed by atoms with Gasteiger partial charge in [0.15, 0.2) is 0 Å². The molecular formula is C8H19N. The van der Waals surface area contributed by atoms with Crippen molar-refractivity contribution in [3.8, 4) is 0 Å². The van der Waals surface area contributed by atoms with Gasteiger partial charge in [0.25, 0.3) is 0 Å². The second kappa shape index (κ2) is 2.70. The first kappa shape index (κ1) is 8.96. The Morgan fingerprint density at radius 1 is 1.33 bits per heavy atom. The summed E-state index contributed by atoms with van der Waals surface area (Å²) in [6.45, 7) is 3.62. The highest BCUT2D eigenvalue weighted by Gasteiger charge is 2.37. The van der Waals surface area contributed by atoms with Crippen molar-refractivity contribution in [1.29, 1.82) is 0 Å². The molecule has 0 radical (unpaired) electrons. The number of rotatable bonds is 2. The highest BCUT2D eigenvalue weighted by molar-refractivity contribution is 4.89. The summed E-state index contributed by atoms with van der Waals surface area (Å²) in [7, 11) is 4.28.